The van der Waals surface area contributed by atoms with Crippen molar-refractivity contribution in [2.24, 2.45) is 0 Å². The Kier molecular flexibility index (Phi) is 9.27. The van der Waals surface area contributed by atoms with Gasteiger partial charge in [0.2, 0.25) is 12.3 Å². The Hall–Kier alpha value is -2.94. The van der Waals surface area contributed by atoms with E-state index >= 15 is 0 Å². The van der Waals surface area contributed by atoms with Gasteiger partial charge < -0.3 is 16.0 Å². The standard InChI is InChI=1S/C9H11NO.C6H8N2.C5H9NO3S/c1-8(10-7-11)9-5-3-2-4-6-9;1-5-2-3-8-6(7)4-5;1-6-4(7)3-5(6)10(2,8)9/h2-8H,1H3,(H,10,11);2-4H,1H3,(H2,7,8);5H,3H2,1-2H3/t8-;;/m1../s1. The number of hydrogen-bond donors (Lipinski definition) is 2. The van der Waals surface area contributed by atoms with Crippen molar-refractivity contribution in [2.75, 3.05) is 19.0 Å². The van der Waals surface area contributed by atoms with Crippen LogP contribution in [0, 0.1) is 6.92 Å². The van der Waals surface area contributed by atoms with Crippen molar-refractivity contribution >= 4 is 28.0 Å². The maximum Gasteiger partial charge on any atom is 0.226 e. The van der Waals surface area contributed by atoms with Crippen LogP contribution in [0.4, 0.5) is 5.82 Å². The Morgan fingerprint density at radius 1 is 1.28 bits per heavy atom. The molecule has 29 heavy (non-hydrogen) atoms. The highest BCUT2D eigenvalue weighted by molar-refractivity contribution is 7.91. The molecule has 3 rings (SSSR count). The molecule has 1 unspecified atom stereocenters. The minimum Gasteiger partial charge on any atom is -0.384 e. The second-order valence-corrected chi connectivity index (χ2v) is 8.87. The van der Waals surface area contributed by atoms with Crippen LogP contribution in [-0.2, 0) is 19.4 Å². The number of nitrogens with two attached hydrogens (primary N) is 1. The third-order valence-corrected chi connectivity index (χ3v) is 5.69. The first-order valence-electron chi connectivity index (χ1n) is 8.93. The molecule has 0 radical (unpaired) electrons. The van der Waals surface area contributed by atoms with Gasteiger partial charge in [0.15, 0.2) is 9.84 Å². The number of aromatic nitrogens is 1. The molecular formula is C20H28N4O4S. The zero-order valence-corrected chi connectivity index (χ0v) is 17.9. The van der Waals surface area contributed by atoms with Crippen LogP contribution in [0.2, 0.25) is 0 Å². The van der Waals surface area contributed by atoms with Gasteiger partial charge in [-0.1, -0.05) is 30.3 Å². The van der Waals surface area contributed by atoms with Gasteiger partial charge in [0.25, 0.3) is 0 Å². The van der Waals surface area contributed by atoms with Gasteiger partial charge in [-0.2, -0.15) is 0 Å². The number of sulfone groups is 1. The lowest BCUT2D eigenvalue weighted by molar-refractivity contribution is -0.139. The van der Waals surface area contributed by atoms with Crippen LogP contribution in [-0.4, -0.2) is 49.3 Å². The number of carbonyl (C=O) groups excluding carboxylic acids is 2. The van der Waals surface area contributed by atoms with E-state index in [4.69, 9.17) is 5.73 Å². The summed E-state index contributed by atoms with van der Waals surface area (Å²) in [4.78, 5) is 25.7. The number of nitrogens with one attached hydrogen (secondary N) is 1. The van der Waals surface area contributed by atoms with Crippen molar-refractivity contribution in [3.8, 4) is 0 Å². The fraction of sp³-hybridized carbons (Fsp3) is 0.350. The number of benzene rings is 1. The van der Waals surface area contributed by atoms with Crippen LogP contribution >= 0.6 is 0 Å². The number of nitrogens with zero attached hydrogens (tertiary/aromatic N) is 2. The molecule has 1 saturated heterocycles. The van der Waals surface area contributed by atoms with Crippen molar-refractivity contribution in [1.29, 1.82) is 0 Å². The van der Waals surface area contributed by atoms with E-state index in [-0.39, 0.29) is 18.4 Å². The second kappa shape index (κ2) is 11.2. The zero-order valence-electron chi connectivity index (χ0n) is 17.1. The van der Waals surface area contributed by atoms with Crippen molar-refractivity contribution in [2.45, 2.75) is 31.7 Å². The molecule has 2 aromatic rings. The molecule has 158 valence electrons. The quantitative estimate of drug-likeness (QED) is 0.573. The molecule has 1 fully saturated rings. The van der Waals surface area contributed by atoms with E-state index in [2.05, 4.69) is 10.3 Å². The highest BCUT2D eigenvalue weighted by Crippen LogP contribution is 2.20. The van der Waals surface area contributed by atoms with E-state index in [1.165, 1.54) is 11.9 Å². The van der Waals surface area contributed by atoms with Gasteiger partial charge in [-0.3, -0.25) is 9.59 Å². The summed E-state index contributed by atoms with van der Waals surface area (Å²) in [5.74, 6) is 0.487. The summed E-state index contributed by atoms with van der Waals surface area (Å²) >= 11 is 0. The third-order valence-electron chi connectivity index (χ3n) is 4.22. The van der Waals surface area contributed by atoms with Gasteiger partial charge in [0.1, 0.15) is 11.2 Å². The maximum absolute atomic E-state index is 10.8. The maximum atomic E-state index is 10.8. The molecule has 2 atom stereocenters. The Balaban J connectivity index is 0.000000220. The minimum absolute atomic E-state index is 0.101. The molecule has 1 aliphatic heterocycles. The van der Waals surface area contributed by atoms with Crippen molar-refractivity contribution in [3.05, 3.63) is 59.8 Å². The number of rotatable bonds is 4. The Morgan fingerprint density at radius 3 is 2.24 bits per heavy atom. The summed E-state index contributed by atoms with van der Waals surface area (Å²) in [5, 5.41) is 2.11. The summed E-state index contributed by atoms with van der Waals surface area (Å²) in [7, 11) is -1.55. The summed E-state index contributed by atoms with van der Waals surface area (Å²) < 4.78 is 21.6. The first kappa shape index (κ1) is 24.1. The van der Waals surface area contributed by atoms with Crippen LogP contribution in [0.3, 0.4) is 0 Å². The molecular weight excluding hydrogens is 392 g/mol. The smallest absolute Gasteiger partial charge is 0.226 e. The van der Waals surface area contributed by atoms with E-state index in [1.54, 1.807) is 6.20 Å². The summed E-state index contributed by atoms with van der Waals surface area (Å²) in [6, 6.07) is 13.7. The lowest BCUT2D eigenvalue weighted by atomic mass is 10.1. The molecule has 2 heterocycles. The van der Waals surface area contributed by atoms with Crippen molar-refractivity contribution < 1.29 is 18.0 Å². The van der Waals surface area contributed by atoms with Gasteiger partial charge in [-0.25, -0.2) is 13.4 Å². The van der Waals surface area contributed by atoms with Crippen LogP contribution in [0.5, 0.6) is 0 Å². The average molecular weight is 421 g/mol. The fourth-order valence-electron chi connectivity index (χ4n) is 2.42. The lowest BCUT2D eigenvalue weighted by Gasteiger charge is -2.35. The molecule has 8 nitrogen and oxygen atoms in total. The number of pyridine rings is 1. The van der Waals surface area contributed by atoms with E-state index in [0.717, 1.165) is 23.8 Å². The largest absolute Gasteiger partial charge is 0.384 e. The van der Waals surface area contributed by atoms with Crippen LogP contribution < -0.4 is 11.1 Å². The fourth-order valence-corrected chi connectivity index (χ4v) is 3.55. The molecule has 0 saturated carbocycles. The Labute approximate surface area is 172 Å². The number of likely N-dealkylation sites (tertiary alicyclic amines) is 1. The first-order chi connectivity index (χ1) is 13.6. The van der Waals surface area contributed by atoms with Crippen molar-refractivity contribution in [1.82, 2.24) is 15.2 Å². The minimum atomic E-state index is -3.04. The summed E-state index contributed by atoms with van der Waals surface area (Å²) in [6.45, 7) is 3.93. The average Bonchev–Trinajstić information content (AvgIpc) is 2.66. The topological polar surface area (TPSA) is 122 Å². The zero-order chi connectivity index (χ0) is 22.0. The summed E-state index contributed by atoms with van der Waals surface area (Å²) in [5.41, 5.74) is 7.62. The number of amides is 2. The number of β-lactam (4-membered cyclic amide) rings is 1. The third kappa shape index (κ3) is 8.30. The lowest BCUT2D eigenvalue weighted by Crippen LogP contribution is -2.53. The normalized spacial score (nSPS) is 16.2. The van der Waals surface area contributed by atoms with Crippen LogP contribution in [0.1, 0.15) is 30.5 Å². The molecule has 0 bridgehead atoms. The van der Waals surface area contributed by atoms with E-state index in [1.807, 2.05) is 56.3 Å². The van der Waals surface area contributed by atoms with Crippen molar-refractivity contribution in [3.63, 3.8) is 0 Å². The summed E-state index contributed by atoms with van der Waals surface area (Å²) in [6.07, 6.45) is 3.71. The molecule has 3 N–H and O–H groups in total. The molecule has 1 aromatic carbocycles. The number of anilines is 1. The van der Waals surface area contributed by atoms with Gasteiger partial charge in [0.05, 0.1) is 12.5 Å². The molecule has 9 heteroatoms. The van der Waals surface area contributed by atoms with Crippen LogP contribution in [0.25, 0.3) is 0 Å². The Morgan fingerprint density at radius 2 is 1.90 bits per heavy atom. The molecule has 1 aliphatic rings. The number of nitrogen functional groups attached to an aromatic ring is 1. The van der Waals surface area contributed by atoms with Crippen LogP contribution in [0.15, 0.2) is 48.7 Å². The van der Waals surface area contributed by atoms with Gasteiger partial charge in [-0.15, -0.1) is 0 Å². The molecule has 0 aliphatic carbocycles. The van der Waals surface area contributed by atoms with Gasteiger partial charge in [0, 0.05) is 19.5 Å². The predicted molar refractivity (Wildman–Crippen MR) is 113 cm³/mol. The number of carbonyl (C=O) groups is 2. The second-order valence-electron chi connectivity index (χ2n) is 6.67. The van der Waals surface area contributed by atoms with Gasteiger partial charge in [-0.05, 0) is 37.1 Å². The first-order valence-corrected chi connectivity index (χ1v) is 10.9. The Bertz CT molecular complexity index is 886. The highest BCUT2D eigenvalue weighted by atomic mass is 32.2. The van der Waals surface area contributed by atoms with E-state index < -0.39 is 15.2 Å². The molecule has 0 spiro atoms. The number of aryl methyl sites for hydroxylation is 1. The highest BCUT2D eigenvalue weighted by Gasteiger charge is 2.39. The SMILES string of the molecule is CN1C(=O)CC1S(C)(=O)=O.C[C@@H](NC=O)c1ccccc1.Cc1ccnc(N)c1. The predicted octanol–water partition coefficient (Wildman–Crippen LogP) is 1.69. The molecule has 1 aromatic heterocycles. The monoisotopic (exact) mass is 420 g/mol. The number of hydrogen-bond acceptors (Lipinski definition) is 6. The van der Waals surface area contributed by atoms with Gasteiger partial charge >= 0.3 is 0 Å². The van der Waals surface area contributed by atoms with E-state index in [0.29, 0.717) is 5.82 Å². The molecule has 2 amide bonds. The van der Waals surface area contributed by atoms with E-state index in [9.17, 15) is 18.0 Å².